The molecule has 3 rings (SSSR count). The number of benzene rings is 1. The number of aryl methyl sites for hydroxylation is 1. The summed E-state index contributed by atoms with van der Waals surface area (Å²) in [5.41, 5.74) is 0.745. The number of carboxylic acids is 1. The van der Waals surface area contributed by atoms with Crippen molar-refractivity contribution in [1.29, 1.82) is 5.41 Å². The Hall–Kier alpha value is -2.50. The molecule has 6 nitrogen and oxygen atoms in total. The summed E-state index contributed by atoms with van der Waals surface area (Å²) < 4.78 is 12.4. The molecular formula is C13H12N2O4. The monoisotopic (exact) mass is 260 g/mol. The molecule has 0 amide bonds. The molecule has 0 aliphatic carbocycles. The molecule has 0 atom stereocenters. The number of hydrogen-bond acceptors (Lipinski definition) is 4. The Labute approximate surface area is 108 Å². The van der Waals surface area contributed by atoms with Crippen molar-refractivity contribution in [2.24, 2.45) is 0 Å². The van der Waals surface area contributed by atoms with Gasteiger partial charge in [0.1, 0.15) is 5.56 Å². The van der Waals surface area contributed by atoms with Crippen LogP contribution in [0.25, 0.3) is 10.9 Å². The molecule has 6 heteroatoms. The minimum atomic E-state index is -1.10. The number of rotatable bonds is 2. The molecule has 2 heterocycles. The molecule has 0 bridgehead atoms. The second kappa shape index (κ2) is 4.01. The van der Waals surface area contributed by atoms with Crippen LogP contribution in [0.1, 0.15) is 17.3 Å². The van der Waals surface area contributed by atoms with Crippen molar-refractivity contribution in [3.63, 3.8) is 0 Å². The van der Waals surface area contributed by atoms with Gasteiger partial charge in [0, 0.05) is 24.2 Å². The summed E-state index contributed by atoms with van der Waals surface area (Å²) >= 11 is 0. The number of nitrogens with zero attached hydrogens (tertiary/aromatic N) is 1. The molecule has 1 aliphatic rings. The van der Waals surface area contributed by atoms with E-state index in [-0.39, 0.29) is 17.7 Å². The highest BCUT2D eigenvalue weighted by Crippen LogP contribution is 2.35. The zero-order chi connectivity index (χ0) is 13.6. The van der Waals surface area contributed by atoms with Gasteiger partial charge in [0.25, 0.3) is 0 Å². The molecule has 0 spiro atoms. The zero-order valence-electron chi connectivity index (χ0n) is 10.3. The fourth-order valence-corrected chi connectivity index (χ4v) is 2.23. The number of pyridine rings is 1. The van der Waals surface area contributed by atoms with Crippen molar-refractivity contribution in [3.8, 4) is 11.5 Å². The first-order valence-corrected chi connectivity index (χ1v) is 5.86. The molecule has 0 saturated carbocycles. The third-order valence-corrected chi connectivity index (χ3v) is 3.20. The quantitative estimate of drug-likeness (QED) is 0.858. The Morgan fingerprint density at radius 1 is 1.42 bits per heavy atom. The lowest BCUT2D eigenvalue weighted by atomic mass is 10.1. The SMILES string of the molecule is CCn1cc(C(=O)O)c(=N)c2cc3c(cc21)OCO3. The molecule has 98 valence electrons. The topological polar surface area (TPSA) is 84.5 Å². The molecule has 0 fully saturated rings. The van der Waals surface area contributed by atoms with E-state index in [0.717, 1.165) is 5.52 Å². The molecule has 1 aromatic heterocycles. The average molecular weight is 260 g/mol. The third-order valence-electron chi connectivity index (χ3n) is 3.20. The Morgan fingerprint density at radius 3 is 2.74 bits per heavy atom. The average Bonchev–Trinajstić information content (AvgIpc) is 2.84. The number of ether oxygens (including phenoxy) is 2. The summed E-state index contributed by atoms with van der Waals surface area (Å²) in [5.74, 6) is 0.0649. The third kappa shape index (κ3) is 1.64. The summed E-state index contributed by atoms with van der Waals surface area (Å²) in [5, 5.41) is 17.7. The van der Waals surface area contributed by atoms with Crippen molar-refractivity contribution in [3.05, 3.63) is 29.3 Å². The summed E-state index contributed by atoms with van der Waals surface area (Å²) in [4.78, 5) is 11.2. The highest BCUT2D eigenvalue weighted by atomic mass is 16.7. The van der Waals surface area contributed by atoms with E-state index < -0.39 is 5.97 Å². The molecule has 1 aromatic carbocycles. The van der Waals surface area contributed by atoms with Crippen molar-refractivity contribution in [2.75, 3.05) is 6.79 Å². The Morgan fingerprint density at radius 2 is 2.11 bits per heavy atom. The standard InChI is InChI=1S/C13H12N2O4/c1-2-15-5-8(13(16)17)12(14)7-3-10-11(4-9(7)15)19-6-18-10/h3-5,14H,2,6H2,1H3,(H,16,17). The number of aromatic carboxylic acids is 1. The predicted octanol–water partition coefficient (Wildman–Crippen LogP) is 1.57. The van der Waals surface area contributed by atoms with Crippen LogP contribution in [0.3, 0.4) is 0 Å². The van der Waals surface area contributed by atoms with Crippen LogP contribution in [0.4, 0.5) is 0 Å². The maximum Gasteiger partial charge on any atom is 0.339 e. The van der Waals surface area contributed by atoms with E-state index in [0.29, 0.717) is 23.4 Å². The van der Waals surface area contributed by atoms with Crippen LogP contribution in [0, 0.1) is 5.41 Å². The molecular weight excluding hydrogens is 248 g/mol. The van der Waals surface area contributed by atoms with Gasteiger partial charge in [-0.3, -0.25) is 5.41 Å². The van der Waals surface area contributed by atoms with E-state index >= 15 is 0 Å². The normalized spacial score (nSPS) is 12.9. The van der Waals surface area contributed by atoms with Crippen LogP contribution >= 0.6 is 0 Å². The van der Waals surface area contributed by atoms with Gasteiger partial charge in [-0.1, -0.05) is 0 Å². The lowest BCUT2D eigenvalue weighted by Gasteiger charge is -2.11. The molecule has 2 N–H and O–H groups in total. The second-order valence-corrected chi connectivity index (χ2v) is 4.23. The van der Waals surface area contributed by atoms with Gasteiger partial charge in [-0.15, -0.1) is 0 Å². The van der Waals surface area contributed by atoms with Crippen LogP contribution in [0.15, 0.2) is 18.3 Å². The van der Waals surface area contributed by atoms with E-state index in [1.54, 1.807) is 16.7 Å². The Kier molecular flexibility index (Phi) is 2.45. The molecule has 2 aromatic rings. The molecule has 0 unspecified atom stereocenters. The van der Waals surface area contributed by atoms with Gasteiger partial charge in [-0.05, 0) is 13.0 Å². The van der Waals surface area contributed by atoms with Gasteiger partial charge < -0.3 is 19.1 Å². The fourth-order valence-electron chi connectivity index (χ4n) is 2.23. The number of aromatic nitrogens is 1. The van der Waals surface area contributed by atoms with Gasteiger partial charge in [0.05, 0.1) is 10.9 Å². The number of carboxylic acid groups (broad SMARTS) is 1. The van der Waals surface area contributed by atoms with Crippen LogP contribution in [-0.2, 0) is 6.54 Å². The largest absolute Gasteiger partial charge is 0.478 e. The zero-order valence-corrected chi connectivity index (χ0v) is 10.3. The Balaban J connectivity index is 2.43. The van der Waals surface area contributed by atoms with Crippen LogP contribution in [0.2, 0.25) is 0 Å². The van der Waals surface area contributed by atoms with Crippen molar-refractivity contribution in [2.45, 2.75) is 13.5 Å². The number of fused-ring (bicyclic) bond motifs is 2. The summed E-state index contributed by atoms with van der Waals surface area (Å²) in [6.07, 6.45) is 1.48. The predicted molar refractivity (Wildman–Crippen MR) is 66.5 cm³/mol. The van der Waals surface area contributed by atoms with Gasteiger partial charge in [0.2, 0.25) is 6.79 Å². The smallest absolute Gasteiger partial charge is 0.339 e. The van der Waals surface area contributed by atoms with Gasteiger partial charge in [0.15, 0.2) is 11.5 Å². The fraction of sp³-hybridized carbons (Fsp3) is 0.231. The van der Waals surface area contributed by atoms with Crippen LogP contribution < -0.4 is 14.8 Å². The van der Waals surface area contributed by atoms with E-state index in [1.165, 1.54) is 6.20 Å². The summed E-state index contributed by atoms with van der Waals surface area (Å²) in [6, 6.07) is 3.45. The van der Waals surface area contributed by atoms with Crippen LogP contribution in [0.5, 0.6) is 11.5 Å². The van der Waals surface area contributed by atoms with E-state index in [9.17, 15) is 4.79 Å². The molecule has 0 radical (unpaired) electrons. The van der Waals surface area contributed by atoms with Gasteiger partial charge in [-0.25, -0.2) is 4.79 Å². The van der Waals surface area contributed by atoms with Crippen LogP contribution in [-0.4, -0.2) is 22.4 Å². The highest BCUT2D eigenvalue weighted by Gasteiger charge is 2.18. The van der Waals surface area contributed by atoms with E-state index in [4.69, 9.17) is 20.0 Å². The van der Waals surface area contributed by atoms with E-state index in [2.05, 4.69) is 0 Å². The van der Waals surface area contributed by atoms with Crippen molar-refractivity contribution < 1.29 is 19.4 Å². The number of nitrogens with one attached hydrogen (secondary N) is 1. The summed E-state index contributed by atoms with van der Waals surface area (Å²) in [7, 11) is 0. The maximum atomic E-state index is 11.2. The highest BCUT2D eigenvalue weighted by molar-refractivity contribution is 5.93. The molecule has 19 heavy (non-hydrogen) atoms. The molecule has 1 aliphatic heterocycles. The van der Waals surface area contributed by atoms with Gasteiger partial charge >= 0.3 is 5.97 Å². The first-order valence-electron chi connectivity index (χ1n) is 5.86. The minimum Gasteiger partial charge on any atom is -0.478 e. The number of carbonyl (C=O) groups is 1. The maximum absolute atomic E-state index is 11.2. The van der Waals surface area contributed by atoms with Crippen molar-refractivity contribution >= 4 is 16.9 Å². The first kappa shape index (κ1) is 11.6. The van der Waals surface area contributed by atoms with Gasteiger partial charge in [-0.2, -0.15) is 0 Å². The first-order chi connectivity index (χ1) is 9.11. The molecule has 0 saturated heterocycles. The second-order valence-electron chi connectivity index (χ2n) is 4.23. The lowest BCUT2D eigenvalue weighted by Crippen LogP contribution is -2.18. The van der Waals surface area contributed by atoms with E-state index in [1.807, 2.05) is 6.92 Å². The number of hydrogen-bond donors (Lipinski definition) is 2. The Bertz CT molecular complexity index is 748. The minimum absolute atomic E-state index is 0.00880. The van der Waals surface area contributed by atoms with Crippen molar-refractivity contribution in [1.82, 2.24) is 4.57 Å². The summed E-state index contributed by atoms with van der Waals surface area (Å²) in [6.45, 7) is 2.67. The lowest BCUT2D eigenvalue weighted by molar-refractivity contribution is 0.0694.